The summed E-state index contributed by atoms with van der Waals surface area (Å²) in [4.78, 5) is 0. The highest BCUT2D eigenvalue weighted by atomic mass is 16.5. The predicted octanol–water partition coefficient (Wildman–Crippen LogP) is 3.32. The third-order valence-electron chi connectivity index (χ3n) is 4.31. The Morgan fingerprint density at radius 2 is 1.71 bits per heavy atom. The topological polar surface area (TPSA) is 21.3 Å². The molecule has 0 saturated heterocycles. The summed E-state index contributed by atoms with van der Waals surface area (Å²) in [5.41, 5.74) is 4.04. The van der Waals surface area contributed by atoms with Crippen LogP contribution in [-0.2, 0) is 18.0 Å². The van der Waals surface area contributed by atoms with E-state index in [1.807, 2.05) is 0 Å². The van der Waals surface area contributed by atoms with Crippen LogP contribution in [0.15, 0.2) is 18.2 Å². The van der Waals surface area contributed by atoms with E-state index in [9.17, 15) is 0 Å². The minimum Gasteiger partial charge on any atom is -0.382 e. The maximum Gasteiger partial charge on any atom is 0.0725 e. The Labute approximate surface area is 102 Å². The van der Waals surface area contributed by atoms with E-state index in [1.165, 1.54) is 42.5 Å². The van der Waals surface area contributed by atoms with Crippen molar-refractivity contribution < 1.29 is 4.74 Å². The van der Waals surface area contributed by atoms with E-state index in [-0.39, 0.29) is 0 Å². The Hall–Kier alpha value is -1.02. The summed E-state index contributed by atoms with van der Waals surface area (Å²) in [7, 11) is 0. The Balaban J connectivity index is 1.53. The zero-order valence-electron chi connectivity index (χ0n) is 10.1. The SMILES string of the molecule is c1cc2c(cc1NC(C1CC1)C1CC1)COC2. The molecule has 90 valence electrons. The predicted molar refractivity (Wildman–Crippen MR) is 67.8 cm³/mol. The van der Waals surface area contributed by atoms with E-state index in [4.69, 9.17) is 4.74 Å². The lowest BCUT2D eigenvalue weighted by Gasteiger charge is -2.19. The normalized spacial score (nSPS) is 22.9. The molecule has 1 aromatic rings. The first-order chi connectivity index (χ1) is 8.40. The Morgan fingerprint density at radius 3 is 2.41 bits per heavy atom. The van der Waals surface area contributed by atoms with Gasteiger partial charge in [-0.1, -0.05) is 6.07 Å². The molecule has 3 aliphatic rings. The molecular formula is C15H19NO. The standard InChI is InChI=1S/C15H19NO/c1-2-10(1)15(11-3-4-11)16-14-6-5-12-8-17-9-13(12)7-14/h5-7,10-11,15-16H,1-4,8-9H2. The molecule has 1 heterocycles. The van der Waals surface area contributed by atoms with Crippen LogP contribution in [0.2, 0.25) is 0 Å². The summed E-state index contributed by atoms with van der Waals surface area (Å²) in [5.74, 6) is 1.90. The summed E-state index contributed by atoms with van der Waals surface area (Å²) >= 11 is 0. The molecule has 0 atom stereocenters. The van der Waals surface area contributed by atoms with Crippen LogP contribution in [0.5, 0.6) is 0 Å². The van der Waals surface area contributed by atoms with Crippen molar-refractivity contribution in [2.75, 3.05) is 5.32 Å². The van der Waals surface area contributed by atoms with E-state index in [2.05, 4.69) is 23.5 Å². The average Bonchev–Trinajstić information content (AvgIpc) is 3.24. The average molecular weight is 229 g/mol. The van der Waals surface area contributed by atoms with E-state index in [1.54, 1.807) is 0 Å². The number of ether oxygens (including phenoxy) is 1. The maximum absolute atomic E-state index is 5.47. The van der Waals surface area contributed by atoms with Gasteiger partial charge >= 0.3 is 0 Å². The molecule has 4 rings (SSSR count). The molecule has 0 radical (unpaired) electrons. The van der Waals surface area contributed by atoms with Crippen molar-refractivity contribution >= 4 is 5.69 Å². The van der Waals surface area contributed by atoms with E-state index < -0.39 is 0 Å². The molecule has 2 heteroatoms. The number of nitrogens with one attached hydrogen (secondary N) is 1. The number of hydrogen-bond acceptors (Lipinski definition) is 2. The monoisotopic (exact) mass is 229 g/mol. The second-order valence-corrected chi connectivity index (χ2v) is 5.82. The lowest BCUT2D eigenvalue weighted by atomic mass is 10.1. The number of anilines is 1. The third-order valence-corrected chi connectivity index (χ3v) is 4.31. The highest BCUT2D eigenvalue weighted by Gasteiger charge is 2.41. The van der Waals surface area contributed by atoms with E-state index in [0.29, 0.717) is 0 Å². The molecule has 0 amide bonds. The molecule has 1 aliphatic heterocycles. The first-order valence-corrected chi connectivity index (χ1v) is 6.86. The van der Waals surface area contributed by atoms with Crippen molar-refractivity contribution in [1.82, 2.24) is 0 Å². The second-order valence-electron chi connectivity index (χ2n) is 5.82. The maximum atomic E-state index is 5.47. The molecule has 2 nitrogen and oxygen atoms in total. The lowest BCUT2D eigenvalue weighted by Crippen LogP contribution is -2.24. The number of fused-ring (bicyclic) bond motifs is 1. The van der Waals surface area contributed by atoms with Crippen LogP contribution < -0.4 is 5.32 Å². The minimum atomic E-state index is 0.746. The minimum absolute atomic E-state index is 0.746. The van der Waals surface area contributed by atoms with Crippen LogP contribution >= 0.6 is 0 Å². The van der Waals surface area contributed by atoms with Gasteiger partial charge in [0.1, 0.15) is 0 Å². The summed E-state index contributed by atoms with van der Waals surface area (Å²) in [6, 6.07) is 7.49. The van der Waals surface area contributed by atoms with Gasteiger partial charge in [0.2, 0.25) is 0 Å². The molecule has 0 unspecified atom stereocenters. The van der Waals surface area contributed by atoms with Gasteiger partial charge < -0.3 is 10.1 Å². The lowest BCUT2D eigenvalue weighted by molar-refractivity contribution is 0.134. The van der Waals surface area contributed by atoms with Crippen LogP contribution in [0.3, 0.4) is 0 Å². The zero-order chi connectivity index (χ0) is 11.2. The van der Waals surface area contributed by atoms with E-state index >= 15 is 0 Å². The highest BCUT2D eigenvalue weighted by molar-refractivity contribution is 5.50. The number of hydrogen-bond donors (Lipinski definition) is 1. The van der Waals surface area contributed by atoms with Gasteiger partial charge in [0, 0.05) is 11.7 Å². The van der Waals surface area contributed by atoms with Crippen LogP contribution in [0, 0.1) is 11.8 Å². The Morgan fingerprint density at radius 1 is 1.00 bits per heavy atom. The molecule has 1 aromatic carbocycles. The van der Waals surface area contributed by atoms with Gasteiger partial charge in [0.05, 0.1) is 13.2 Å². The first-order valence-electron chi connectivity index (χ1n) is 6.86. The molecule has 0 spiro atoms. The van der Waals surface area contributed by atoms with Crippen molar-refractivity contribution in [3.63, 3.8) is 0 Å². The fraction of sp³-hybridized carbons (Fsp3) is 0.600. The van der Waals surface area contributed by atoms with Gasteiger partial charge in [0.25, 0.3) is 0 Å². The zero-order valence-corrected chi connectivity index (χ0v) is 10.1. The molecule has 2 saturated carbocycles. The number of benzene rings is 1. The molecule has 0 bridgehead atoms. The van der Waals surface area contributed by atoms with E-state index in [0.717, 1.165) is 31.1 Å². The van der Waals surface area contributed by atoms with Gasteiger partial charge in [-0.25, -0.2) is 0 Å². The van der Waals surface area contributed by atoms with Gasteiger partial charge in [-0.15, -0.1) is 0 Å². The van der Waals surface area contributed by atoms with Crippen molar-refractivity contribution in [3.8, 4) is 0 Å². The second kappa shape index (κ2) is 3.74. The van der Waals surface area contributed by atoms with Gasteiger partial charge in [-0.3, -0.25) is 0 Å². The highest BCUT2D eigenvalue weighted by Crippen LogP contribution is 2.46. The largest absolute Gasteiger partial charge is 0.382 e. The molecule has 0 aromatic heterocycles. The van der Waals surface area contributed by atoms with Gasteiger partial charge in [0.15, 0.2) is 0 Å². The van der Waals surface area contributed by atoms with Crippen LogP contribution in [0.4, 0.5) is 5.69 Å². The summed E-state index contributed by atoms with van der Waals surface area (Å²) < 4.78 is 5.47. The third kappa shape index (κ3) is 1.95. The fourth-order valence-corrected chi connectivity index (χ4v) is 2.99. The molecule has 17 heavy (non-hydrogen) atoms. The molecule has 2 aliphatic carbocycles. The smallest absolute Gasteiger partial charge is 0.0725 e. The summed E-state index contributed by atoms with van der Waals surface area (Å²) in [6.07, 6.45) is 5.73. The van der Waals surface area contributed by atoms with Crippen molar-refractivity contribution in [2.24, 2.45) is 11.8 Å². The summed E-state index contributed by atoms with van der Waals surface area (Å²) in [5, 5.41) is 3.78. The number of rotatable bonds is 4. The quantitative estimate of drug-likeness (QED) is 0.855. The molecular weight excluding hydrogens is 210 g/mol. The molecule has 1 N–H and O–H groups in total. The van der Waals surface area contributed by atoms with Crippen LogP contribution in [0.25, 0.3) is 0 Å². The Kier molecular flexibility index (Phi) is 2.19. The summed E-state index contributed by atoms with van der Waals surface area (Å²) in [6.45, 7) is 1.59. The van der Waals surface area contributed by atoms with Crippen molar-refractivity contribution in [3.05, 3.63) is 29.3 Å². The van der Waals surface area contributed by atoms with Crippen molar-refractivity contribution in [1.29, 1.82) is 0 Å². The first kappa shape index (κ1) is 9.95. The van der Waals surface area contributed by atoms with Crippen molar-refractivity contribution in [2.45, 2.75) is 44.9 Å². The Bertz CT molecular complexity index is 423. The fourth-order valence-electron chi connectivity index (χ4n) is 2.99. The van der Waals surface area contributed by atoms with Crippen LogP contribution in [-0.4, -0.2) is 6.04 Å². The van der Waals surface area contributed by atoms with Gasteiger partial charge in [-0.2, -0.15) is 0 Å². The molecule has 2 fully saturated rings. The van der Waals surface area contributed by atoms with Gasteiger partial charge in [-0.05, 0) is 60.8 Å². The van der Waals surface area contributed by atoms with Crippen LogP contribution in [0.1, 0.15) is 36.8 Å².